The number of methoxy groups -OCH3 is 1. The Morgan fingerprint density at radius 1 is 1.18 bits per heavy atom. The van der Waals surface area contributed by atoms with Crippen molar-refractivity contribution in [2.45, 2.75) is 6.54 Å². The van der Waals surface area contributed by atoms with Crippen molar-refractivity contribution >= 4 is 32.7 Å². The van der Waals surface area contributed by atoms with Crippen LogP contribution in [0.15, 0.2) is 42.5 Å². The average molecular weight is 400 g/mol. The lowest BCUT2D eigenvalue weighted by Gasteiger charge is -2.34. The van der Waals surface area contributed by atoms with Crippen molar-refractivity contribution in [2.24, 2.45) is 0 Å². The first-order valence-corrected chi connectivity index (χ1v) is 9.91. The number of rotatable bonds is 4. The maximum absolute atomic E-state index is 12.9. The largest absolute Gasteiger partial charge is 0.497 e. The molecule has 0 spiro atoms. The highest BCUT2D eigenvalue weighted by Gasteiger charge is 2.23. The quantitative estimate of drug-likeness (QED) is 0.729. The van der Waals surface area contributed by atoms with Crippen LogP contribution in [0.25, 0.3) is 10.2 Å². The Morgan fingerprint density at radius 3 is 2.64 bits per heavy atom. The molecule has 8 heteroatoms. The molecule has 0 aliphatic carbocycles. The number of benzene rings is 2. The molecule has 2 aromatic carbocycles. The molecule has 2 amide bonds. The molecule has 0 saturated carbocycles. The SMILES string of the molecule is COc1ccc2nc(N3CCN(C(=O)NCc4ccc(F)cc4)CC3)sc2c1. The van der Waals surface area contributed by atoms with Crippen molar-refractivity contribution in [2.75, 3.05) is 38.2 Å². The monoisotopic (exact) mass is 400 g/mol. The smallest absolute Gasteiger partial charge is 0.317 e. The van der Waals surface area contributed by atoms with Crippen molar-refractivity contribution < 1.29 is 13.9 Å². The number of urea groups is 1. The number of fused-ring (bicyclic) bond motifs is 1. The summed E-state index contributed by atoms with van der Waals surface area (Å²) in [5.74, 6) is 0.546. The minimum atomic E-state index is -0.278. The number of hydrogen-bond donors (Lipinski definition) is 1. The molecule has 3 aromatic rings. The van der Waals surface area contributed by atoms with Crippen molar-refractivity contribution in [3.05, 3.63) is 53.8 Å². The van der Waals surface area contributed by atoms with Gasteiger partial charge in [0.05, 0.1) is 17.3 Å². The van der Waals surface area contributed by atoms with E-state index in [1.54, 1.807) is 35.5 Å². The summed E-state index contributed by atoms with van der Waals surface area (Å²) >= 11 is 1.64. The Kier molecular flexibility index (Phi) is 5.29. The molecule has 0 radical (unpaired) electrons. The van der Waals surface area contributed by atoms with Crippen LogP contribution in [0, 0.1) is 5.82 Å². The number of anilines is 1. The molecule has 146 valence electrons. The molecule has 6 nitrogen and oxygen atoms in total. The van der Waals surface area contributed by atoms with Gasteiger partial charge in [-0.15, -0.1) is 0 Å². The van der Waals surface area contributed by atoms with Crippen molar-refractivity contribution in [1.29, 1.82) is 0 Å². The summed E-state index contributed by atoms with van der Waals surface area (Å²) in [4.78, 5) is 21.1. The Bertz CT molecular complexity index is 968. The second-order valence-corrected chi connectivity index (χ2v) is 7.60. The molecule has 1 aliphatic heterocycles. The van der Waals surface area contributed by atoms with Gasteiger partial charge in [-0.05, 0) is 35.9 Å². The first-order chi connectivity index (χ1) is 13.6. The lowest BCUT2D eigenvalue weighted by molar-refractivity contribution is 0.194. The average Bonchev–Trinajstić information content (AvgIpc) is 3.16. The fourth-order valence-electron chi connectivity index (χ4n) is 3.15. The van der Waals surface area contributed by atoms with Gasteiger partial charge in [-0.25, -0.2) is 14.2 Å². The fourth-order valence-corrected chi connectivity index (χ4v) is 4.19. The molecule has 1 aliphatic rings. The van der Waals surface area contributed by atoms with E-state index in [-0.39, 0.29) is 11.8 Å². The minimum Gasteiger partial charge on any atom is -0.497 e. The summed E-state index contributed by atoms with van der Waals surface area (Å²) in [7, 11) is 1.66. The van der Waals surface area contributed by atoms with E-state index >= 15 is 0 Å². The minimum absolute atomic E-state index is 0.0991. The molecule has 1 saturated heterocycles. The first kappa shape index (κ1) is 18.5. The maximum Gasteiger partial charge on any atom is 0.317 e. The third-order valence-corrected chi connectivity index (χ3v) is 5.86. The summed E-state index contributed by atoms with van der Waals surface area (Å²) in [6.07, 6.45) is 0. The van der Waals surface area contributed by atoms with E-state index in [0.29, 0.717) is 19.6 Å². The molecule has 0 unspecified atom stereocenters. The van der Waals surface area contributed by atoms with E-state index in [2.05, 4.69) is 10.2 Å². The third-order valence-electron chi connectivity index (χ3n) is 4.78. The van der Waals surface area contributed by atoms with Crippen LogP contribution in [-0.2, 0) is 6.54 Å². The van der Waals surface area contributed by atoms with Gasteiger partial charge in [0.15, 0.2) is 5.13 Å². The number of ether oxygens (including phenoxy) is 1. The lowest BCUT2D eigenvalue weighted by atomic mass is 10.2. The van der Waals surface area contributed by atoms with Gasteiger partial charge in [0.2, 0.25) is 0 Å². The highest BCUT2D eigenvalue weighted by Crippen LogP contribution is 2.31. The van der Waals surface area contributed by atoms with Gasteiger partial charge in [0.1, 0.15) is 11.6 Å². The number of halogens is 1. The van der Waals surface area contributed by atoms with Crippen LogP contribution < -0.4 is 15.0 Å². The summed E-state index contributed by atoms with van der Waals surface area (Å²) in [5, 5.41) is 3.86. The molecule has 28 heavy (non-hydrogen) atoms. The maximum atomic E-state index is 12.9. The number of amides is 2. The Morgan fingerprint density at radius 2 is 1.93 bits per heavy atom. The zero-order valence-electron chi connectivity index (χ0n) is 15.5. The predicted molar refractivity (Wildman–Crippen MR) is 109 cm³/mol. The molecule has 1 N–H and O–H groups in total. The standard InChI is InChI=1S/C20H21FN4O2S/c1-27-16-6-7-17-18(12-16)28-20(23-17)25-10-8-24(9-11-25)19(26)22-13-14-2-4-15(21)5-3-14/h2-7,12H,8-11,13H2,1H3,(H,22,26). The van der Waals surface area contributed by atoms with Crippen LogP contribution in [0.4, 0.5) is 14.3 Å². The normalized spacial score (nSPS) is 14.4. The van der Waals surface area contributed by atoms with Crippen LogP contribution in [0.2, 0.25) is 0 Å². The van der Waals surface area contributed by atoms with Gasteiger partial charge in [-0.1, -0.05) is 23.5 Å². The Hall–Kier alpha value is -2.87. The number of aromatic nitrogens is 1. The van der Waals surface area contributed by atoms with Crippen molar-refractivity contribution in [1.82, 2.24) is 15.2 Å². The first-order valence-electron chi connectivity index (χ1n) is 9.09. The van der Waals surface area contributed by atoms with Gasteiger partial charge < -0.3 is 19.9 Å². The van der Waals surface area contributed by atoms with Gasteiger partial charge in [0, 0.05) is 32.7 Å². The summed E-state index contributed by atoms with van der Waals surface area (Å²) in [5.41, 5.74) is 1.83. The van der Waals surface area contributed by atoms with Crippen LogP contribution in [-0.4, -0.2) is 49.2 Å². The molecule has 0 bridgehead atoms. The number of carbonyl (C=O) groups excluding carboxylic acids is 1. The van der Waals surface area contributed by atoms with E-state index in [9.17, 15) is 9.18 Å². The van der Waals surface area contributed by atoms with E-state index in [0.717, 1.165) is 39.8 Å². The van der Waals surface area contributed by atoms with Crippen LogP contribution in [0.5, 0.6) is 5.75 Å². The Balaban J connectivity index is 1.32. The van der Waals surface area contributed by atoms with Crippen molar-refractivity contribution in [3.8, 4) is 5.75 Å². The topological polar surface area (TPSA) is 57.7 Å². The zero-order chi connectivity index (χ0) is 19.5. The van der Waals surface area contributed by atoms with E-state index in [1.807, 2.05) is 18.2 Å². The fraction of sp³-hybridized carbons (Fsp3) is 0.300. The van der Waals surface area contributed by atoms with E-state index < -0.39 is 0 Å². The van der Waals surface area contributed by atoms with Crippen LogP contribution in [0.3, 0.4) is 0 Å². The van der Waals surface area contributed by atoms with E-state index in [1.165, 1.54) is 12.1 Å². The molecule has 4 rings (SSSR count). The Labute approximate surface area is 166 Å². The number of hydrogen-bond acceptors (Lipinski definition) is 5. The van der Waals surface area contributed by atoms with Gasteiger partial charge in [0.25, 0.3) is 0 Å². The zero-order valence-corrected chi connectivity index (χ0v) is 16.3. The van der Waals surface area contributed by atoms with Gasteiger partial charge in [-0.2, -0.15) is 0 Å². The lowest BCUT2D eigenvalue weighted by Crippen LogP contribution is -2.51. The summed E-state index contributed by atoms with van der Waals surface area (Å²) < 4.78 is 19.3. The van der Waals surface area contributed by atoms with Crippen molar-refractivity contribution in [3.63, 3.8) is 0 Å². The molecular formula is C20H21FN4O2S. The number of nitrogens with one attached hydrogen (secondary N) is 1. The molecule has 2 heterocycles. The summed E-state index contributed by atoms with van der Waals surface area (Å²) in [6, 6.07) is 11.9. The predicted octanol–water partition coefficient (Wildman–Crippen LogP) is 3.48. The number of nitrogens with zero attached hydrogens (tertiary/aromatic N) is 3. The molecular weight excluding hydrogens is 379 g/mol. The highest BCUT2D eigenvalue weighted by molar-refractivity contribution is 7.22. The van der Waals surface area contributed by atoms with Gasteiger partial charge in [-0.3, -0.25) is 0 Å². The highest BCUT2D eigenvalue weighted by atomic mass is 32.1. The molecule has 1 fully saturated rings. The molecule has 1 aromatic heterocycles. The van der Waals surface area contributed by atoms with Gasteiger partial charge >= 0.3 is 6.03 Å². The third kappa shape index (κ3) is 4.01. The van der Waals surface area contributed by atoms with Crippen LogP contribution in [0.1, 0.15) is 5.56 Å². The number of carbonyl (C=O) groups is 1. The van der Waals surface area contributed by atoms with E-state index in [4.69, 9.17) is 9.72 Å². The number of piperazine rings is 1. The van der Waals surface area contributed by atoms with Crippen LogP contribution >= 0.6 is 11.3 Å². The second-order valence-electron chi connectivity index (χ2n) is 6.59. The second kappa shape index (κ2) is 8.02. The number of thiazole rings is 1. The molecule has 0 atom stereocenters. The summed E-state index contributed by atoms with van der Waals surface area (Å²) in [6.45, 7) is 3.13.